The van der Waals surface area contributed by atoms with Gasteiger partial charge in [0.25, 0.3) is 0 Å². The fraction of sp³-hybridized carbons (Fsp3) is 0.400. The number of halogens is 1. The van der Waals surface area contributed by atoms with Crippen LogP contribution in [0.1, 0.15) is 25.7 Å². The van der Waals surface area contributed by atoms with Gasteiger partial charge in [0.05, 0.1) is 19.0 Å². The number of rotatable bonds is 4. The number of ether oxygens (including phenoxy) is 2. The maximum Gasteiger partial charge on any atom is 0.322 e. The monoisotopic (exact) mass is 387 g/mol. The summed E-state index contributed by atoms with van der Waals surface area (Å²) in [5, 5.41) is 3.52. The molecular formula is C20H22ClN3O3. The molecule has 2 saturated heterocycles. The molecule has 2 aliphatic rings. The van der Waals surface area contributed by atoms with Gasteiger partial charge in [-0.15, -0.1) is 0 Å². The lowest BCUT2D eigenvalue weighted by molar-refractivity contribution is 0.0730. The Morgan fingerprint density at radius 1 is 1.26 bits per heavy atom. The molecule has 0 saturated carbocycles. The number of nitrogens with zero attached hydrogens (tertiary/aromatic N) is 2. The molecular weight excluding hydrogens is 366 g/mol. The number of aromatic nitrogens is 1. The van der Waals surface area contributed by atoms with E-state index in [9.17, 15) is 4.79 Å². The quantitative estimate of drug-likeness (QED) is 0.847. The van der Waals surface area contributed by atoms with E-state index in [1.165, 1.54) is 0 Å². The SMILES string of the molecule is COc1ccc(Cl)cc1NC(=O)N1C2CCC1CC(Oc1cccnc1)C2. The summed E-state index contributed by atoms with van der Waals surface area (Å²) in [4.78, 5) is 19.0. The van der Waals surface area contributed by atoms with Gasteiger partial charge in [-0.25, -0.2) is 4.79 Å². The van der Waals surface area contributed by atoms with Gasteiger partial charge in [0, 0.05) is 36.1 Å². The van der Waals surface area contributed by atoms with E-state index >= 15 is 0 Å². The number of hydrogen-bond donors (Lipinski definition) is 1. The summed E-state index contributed by atoms with van der Waals surface area (Å²) in [5.41, 5.74) is 0.586. The number of carbonyl (C=O) groups excluding carboxylic acids is 1. The minimum Gasteiger partial charge on any atom is -0.495 e. The summed E-state index contributed by atoms with van der Waals surface area (Å²) in [5.74, 6) is 1.37. The fourth-order valence-corrected chi connectivity index (χ4v) is 4.29. The molecule has 2 aliphatic heterocycles. The Morgan fingerprint density at radius 2 is 2.04 bits per heavy atom. The van der Waals surface area contributed by atoms with E-state index in [2.05, 4.69) is 10.3 Å². The number of fused-ring (bicyclic) bond motifs is 2. The summed E-state index contributed by atoms with van der Waals surface area (Å²) < 4.78 is 11.4. The van der Waals surface area contributed by atoms with Gasteiger partial charge < -0.3 is 19.7 Å². The molecule has 27 heavy (non-hydrogen) atoms. The number of benzene rings is 1. The van der Waals surface area contributed by atoms with Gasteiger partial charge in [0.1, 0.15) is 17.6 Å². The Bertz CT molecular complexity index is 803. The van der Waals surface area contributed by atoms with Gasteiger partial charge >= 0.3 is 6.03 Å². The van der Waals surface area contributed by atoms with Crippen LogP contribution in [0.25, 0.3) is 0 Å². The summed E-state index contributed by atoms with van der Waals surface area (Å²) in [6.07, 6.45) is 7.21. The van der Waals surface area contributed by atoms with Gasteiger partial charge in [-0.2, -0.15) is 0 Å². The van der Waals surface area contributed by atoms with E-state index in [-0.39, 0.29) is 24.2 Å². The third-order valence-corrected chi connectivity index (χ3v) is 5.50. The van der Waals surface area contributed by atoms with Crippen LogP contribution in [0.4, 0.5) is 10.5 Å². The highest BCUT2D eigenvalue weighted by atomic mass is 35.5. The standard InChI is InChI=1S/C20H22ClN3O3/c1-26-19-7-4-13(21)9-18(19)23-20(25)24-14-5-6-15(24)11-17(10-14)27-16-3-2-8-22-12-16/h2-4,7-9,12,14-15,17H,5-6,10-11H2,1H3,(H,23,25). The van der Waals surface area contributed by atoms with Gasteiger partial charge in [-0.3, -0.25) is 4.98 Å². The molecule has 0 spiro atoms. The van der Waals surface area contributed by atoms with Crippen LogP contribution in [0, 0.1) is 0 Å². The topological polar surface area (TPSA) is 63.7 Å². The minimum absolute atomic E-state index is 0.108. The van der Waals surface area contributed by atoms with E-state index in [4.69, 9.17) is 21.1 Å². The van der Waals surface area contributed by atoms with Crippen molar-refractivity contribution in [2.45, 2.75) is 43.9 Å². The Hall–Kier alpha value is -2.47. The predicted octanol–water partition coefficient (Wildman–Crippen LogP) is 4.35. The Morgan fingerprint density at radius 3 is 2.70 bits per heavy atom. The Balaban J connectivity index is 1.43. The zero-order valence-electron chi connectivity index (χ0n) is 15.1. The van der Waals surface area contributed by atoms with Gasteiger partial charge in [-0.05, 0) is 43.2 Å². The third-order valence-electron chi connectivity index (χ3n) is 5.26. The van der Waals surface area contributed by atoms with Crippen LogP contribution in [-0.2, 0) is 0 Å². The second-order valence-electron chi connectivity index (χ2n) is 6.97. The van der Waals surface area contributed by atoms with Crippen molar-refractivity contribution in [2.75, 3.05) is 12.4 Å². The molecule has 2 aromatic rings. The van der Waals surface area contributed by atoms with E-state index in [1.54, 1.807) is 37.7 Å². The van der Waals surface area contributed by atoms with Crippen LogP contribution in [0.3, 0.4) is 0 Å². The maximum absolute atomic E-state index is 12.9. The highest BCUT2D eigenvalue weighted by molar-refractivity contribution is 6.31. The molecule has 4 rings (SSSR count). The summed E-state index contributed by atoms with van der Waals surface area (Å²) >= 11 is 6.07. The lowest BCUT2D eigenvalue weighted by Crippen LogP contribution is -2.50. The molecule has 1 aromatic heterocycles. The molecule has 2 unspecified atom stereocenters. The number of urea groups is 1. The molecule has 3 heterocycles. The lowest BCUT2D eigenvalue weighted by Gasteiger charge is -2.38. The van der Waals surface area contributed by atoms with Crippen molar-refractivity contribution in [3.63, 3.8) is 0 Å². The van der Waals surface area contributed by atoms with Crippen molar-refractivity contribution in [1.82, 2.24) is 9.88 Å². The minimum atomic E-state index is -0.108. The second-order valence-corrected chi connectivity index (χ2v) is 7.40. The second kappa shape index (κ2) is 7.64. The summed E-state index contributed by atoms with van der Waals surface area (Å²) in [6, 6.07) is 9.22. The largest absolute Gasteiger partial charge is 0.495 e. The normalized spacial score (nSPS) is 23.8. The first-order chi connectivity index (χ1) is 13.1. The number of methoxy groups -OCH3 is 1. The number of anilines is 1. The number of pyridine rings is 1. The molecule has 2 atom stereocenters. The molecule has 2 fully saturated rings. The molecule has 0 aliphatic carbocycles. The molecule has 2 bridgehead atoms. The molecule has 142 valence electrons. The average molecular weight is 388 g/mol. The van der Waals surface area contributed by atoms with Crippen LogP contribution in [-0.4, -0.2) is 41.2 Å². The smallest absolute Gasteiger partial charge is 0.322 e. The first-order valence-electron chi connectivity index (χ1n) is 9.13. The summed E-state index contributed by atoms with van der Waals surface area (Å²) in [7, 11) is 1.57. The van der Waals surface area contributed by atoms with Crippen LogP contribution < -0.4 is 14.8 Å². The van der Waals surface area contributed by atoms with Crippen molar-refractivity contribution in [2.24, 2.45) is 0 Å². The van der Waals surface area contributed by atoms with Crippen molar-refractivity contribution in [1.29, 1.82) is 0 Å². The van der Waals surface area contributed by atoms with Crippen molar-refractivity contribution in [3.05, 3.63) is 47.7 Å². The van der Waals surface area contributed by atoms with Gasteiger partial charge in [-0.1, -0.05) is 11.6 Å². The first kappa shape index (κ1) is 17.9. The van der Waals surface area contributed by atoms with Gasteiger partial charge in [0.2, 0.25) is 0 Å². The van der Waals surface area contributed by atoms with Crippen molar-refractivity contribution in [3.8, 4) is 11.5 Å². The molecule has 1 aromatic carbocycles. The van der Waals surface area contributed by atoms with E-state index in [0.717, 1.165) is 31.4 Å². The maximum atomic E-state index is 12.9. The predicted molar refractivity (Wildman–Crippen MR) is 104 cm³/mol. The van der Waals surface area contributed by atoms with Gasteiger partial charge in [0.15, 0.2) is 0 Å². The first-order valence-corrected chi connectivity index (χ1v) is 9.51. The number of amides is 2. The van der Waals surface area contributed by atoms with Crippen LogP contribution in [0.2, 0.25) is 5.02 Å². The lowest BCUT2D eigenvalue weighted by atomic mass is 10.00. The highest BCUT2D eigenvalue weighted by Crippen LogP contribution is 2.38. The molecule has 6 nitrogen and oxygen atoms in total. The number of carbonyl (C=O) groups is 1. The van der Waals surface area contributed by atoms with E-state index < -0.39 is 0 Å². The summed E-state index contributed by atoms with van der Waals surface area (Å²) in [6.45, 7) is 0. The average Bonchev–Trinajstić information content (AvgIpc) is 2.94. The van der Waals surface area contributed by atoms with Crippen molar-refractivity contribution < 1.29 is 14.3 Å². The van der Waals surface area contributed by atoms with Crippen LogP contribution in [0.15, 0.2) is 42.7 Å². The van der Waals surface area contributed by atoms with E-state index in [0.29, 0.717) is 16.5 Å². The van der Waals surface area contributed by atoms with Crippen LogP contribution in [0.5, 0.6) is 11.5 Å². The zero-order chi connectivity index (χ0) is 18.8. The Labute approximate surface area is 163 Å². The zero-order valence-corrected chi connectivity index (χ0v) is 15.9. The number of hydrogen-bond acceptors (Lipinski definition) is 4. The molecule has 0 radical (unpaired) electrons. The van der Waals surface area contributed by atoms with Crippen LogP contribution >= 0.6 is 11.6 Å². The van der Waals surface area contributed by atoms with Crippen molar-refractivity contribution >= 4 is 23.3 Å². The molecule has 7 heteroatoms. The van der Waals surface area contributed by atoms with E-state index in [1.807, 2.05) is 17.0 Å². The highest BCUT2D eigenvalue weighted by Gasteiger charge is 2.44. The fourth-order valence-electron chi connectivity index (χ4n) is 4.12. The number of piperidine rings is 1. The Kier molecular flexibility index (Phi) is 5.07. The number of nitrogens with one attached hydrogen (secondary N) is 1. The third kappa shape index (κ3) is 3.81. The molecule has 2 amide bonds. The molecule has 1 N–H and O–H groups in total.